The minimum Gasteiger partial charge on any atom is -1.00 e. The summed E-state index contributed by atoms with van der Waals surface area (Å²) >= 11 is 0. The average Bonchev–Trinajstić information content (AvgIpc) is 1.27. The van der Waals surface area contributed by atoms with Gasteiger partial charge in [-0.25, -0.2) is 0 Å². The molecule has 0 fully saturated rings. The fourth-order valence-electron chi connectivity index (χ4n) is 0. The van der Waals surface area contributed by atoms with Crippen LogP contribution in [-0.2, 0) is 0 Å². The first-order valence-electron chi connectivity index (χ1n) is 1.88. The van der Waals surface area contributed by atoms with E-state index in [9.17, 15) is 0 Å². The largest absolute Gasteiger partial charge is 2.00 e. The molecule has 0 bridgehead atoms. The Bertz CT molecular complexity index is 62.8. The minimum atomic E-state index is -4.61. The summed E-state index contributed by atoms with van der Waals surface area (Å²) in [6.45, 7) is 5.25. The third kappa shape index (κ3) is 1160. The van der Waals surface area contributed by atoms with Gasteiger partial charge in [-0.3, -0.25) is 0 Å². The number of hydrogen-bond acceptors (Lipinski definition) is 4. The summed E-state index contributed by atoms with van der Waals surface area (Å²) in [4.78, 5) is 29.3. The van der Waals surface area contributed by atoms with E-state index in [2.05, 4.69) is 6.58 Å². The van der Waals surface area contributed by atoms with Gasteiger partial charge in [-0.05, 0) is 6.92 Å². The molecule has 0 saturated carbocycles. The van der Waals surface area contributed by atoms with Crippen LogP contribution in [0, 0.1) is 0 Å². The van der Waals surface area contributed by atoms with Crippen molar-refractivity contribution in [2.45, 2.75) is 6.92 Å². The van der Waals surface area contributed by atoms with E-state index < -0.39 is 9.05 Å². The first-order chi connectivity index (χ1) is 3.41. The quantitative estimate of drug-likeness (QED) is 0.258. The Balaban J connectivity index is -0.0000000183. The normalized spacial score (nSPS) is 8.11. The second-order valence-electron chi connectivity index (χ2n) is 1.01. The van der Waals surface area contributed by atoms with Gasteiger partial charge in [0, 0.05) is 0 Å². The molecular formula is C3H12MgO4Si. The van der Waals surface area contributed by atoms with Crippen LogP contribution in [0.4, 0.5) is 0 Å². The van der Waals surface area contributed by atoms with Gasteiger partial charge in [0.05, 0.1) is 0 Å². The molecule has 0 aliphatic heterocycles. The topological polar surface area (TPSA) is 80.9 Å². The molecule has 9 heavy (non-hydrogen) atoms. The van der Waals surface area contributed by atoms with E-state index in [1.165, 1.54) is 0 Å². The van der Waals surface area contributed by atoms with Crippen LogP contribution in [0.15, 0.2) is 12.7 Å². The monoisotopic (exact) mass is 164 g/mol. The second-order valence-corrected chi connectivity index (χ2v) is 2.21. The maximum Gasteiger partial charge on any atom is 2.00 e. The average molecular weight is 165 g/mol. The van der Waals surface area contributed by atoms with Crippen LogP contribution in [0.1, 0.15) is 9.78 Å². The molecule has 0 spiro atoms. The van der Waals surface area contributed by atoms with Crippen molar-refractivity contribution in [2.24, 2.45) is 0 Å². The van der Waals surface area contributed by atoms with Gasteiger partial charge in [0.25, 0.3) is 0 Å². The molecular weight excluding hydrogens is 152 g/mol. The molecule has 4 nitrogen and oxygen atoms in total. The van der Waals surface area contributed by atoms with Gasteiger partial charge in [0.1, 0.15) is 0 Å². The van der Waals surface area contributed by atoms with Gasteiger partial charge in [0.15, 0.2) is 0 Å². The van der Waals surface area contributed by atoms with Crippen molar-refractivity contribution in [1.82, 2.24) is 0 Å². The molecule has 0 unspecified atom stereocenters. The van der Waals surface area contributed by atoms with Crippen LogP contribution < -0.4 is 0 Å². The van der Waals surface area contributed by atoms with Gasteiger partial charge in [-0.2, -0.15) is 0 Å². The molecule has 0 amide bonds. The Morgan fingerprint density at radius 1 is 1.33 bits per heavy atom. The predicted molar refractivity (Wildman–Crippen MR) is 38.5 cm³/mol. The smallest absolute Gasteiger partial charge is 1.00 e. The summed E-state index contributed by atoms with van der Waals surface area (Å²) in [5, 5.41) is 0. The maximum atomic E-state index is 7.33. The molecule has 0 saturated heterocycles. The van der Waals surface area contributed by atoms with Crippen molar-refractivity contribution in [1.29, 1.82) is 0 Å². The van der Waals surface area contributed by atoms with Gasteiger partial charge in [0.2, 0.25) is 0 Å². The van der Waals surface area contributed by atoms with E-state index >= 15 is 0 Å². The van der Waals surface area contributed by atoms with Crippen molar-refractivity contribution in [2.75, 3.05) is 0 Å². The second kappa shape index (κ2) is 8.56. The molecule has 0 radical (unpaired) electrons. The van der Waals surface area contributed by atoms with Gasteiger partial charge < -0.3 is 22.0 Å². The van der Waals surface area contributed by atoms with Crippen LogP contribution in [0.2, 0.25) is 0 Å². The molecule has 54 valence electrons. The Morgan fingerprint density at radius 3 is 1.33 bits per heavy atom. The summed E-state index contributed by atoms with van der Waals surface area (Å²) < 4.78 is 0. The van der Waals surface area contributed by atoms with Crippen LogP contribution in [0.5, 0.6) is 0 Å². The summed E-state index contributed by atoms with van der Waals surface area (Å²) in [5.41, 5.74) is 0. The Kier molecular flexibility index (Phi) is 15.5. The molecule has 0 rings (SSSR count). The Labute approximate surface area is 74.1 Å². The van der Waals surface area contributed by atoms with E-state index in [0.717, 1.165) is 0 Å². The molecule has 0 aromatic heterocycles. The zero-order valence-electron chi connectivity index (χ0n) is 7.28. The van der Waals surface area contributed by atoms with E-state index in [4.69, 9.17) is 19.2 Å². The summed E-state index contributed by atoms with van der Waals surface area (Å²) in [7, 11) is -4.61. The van der Waals surface area contributed by atoms with Crippen molar-refractivity contribution in [3.05, 3.63) is 12.7 Å². The fourth-order valence-corrected chi connectivity index (χ4v) is 0. The van der Waals surface area contributed by atoms with E-state index in [1.807, 2.05) is 6.92 Å². The van der Waals surface area contributed by atoms with Gasteiger partial charge in [-0.15, -0.1) is 6.58 Å². The number of rotatable bonds is 0. The number of allylic oxidation sites excluding steroid dienone is 1. The predicted octanol–water partition coefficient (Wildman–Crippen LogP) is -1.57. The van der Waals surface area contributed by atoms with Crippen molar-refractivity contribution in [3.63, 3.8) is 0 Å². The fraction of sp³-hybridized carbons (Fsp3) is 0.333. The van der Waals surface area contributed by atoms with Crippen molar-refractivity contribution in [3.8, 4) is 0 Å². The SMILES string of the molecule is C=CC.O[Si](O)(O)O.[H-].[H-].[Mg+2]. The molecule has 0 aromatic carbocycles. The van der Waals surface area contributed by atoms with E-state index in [-0.39, 0.29) is 25.9 Å². The van der Waals surface area contributed by atoms with Crippen molar-refractivity contribution >= 4 is 32.1 Å². The molecule has 0 aliphatic rings. The Morgan fingerprint density at radius 2 is 1.33 bits per heavy atom. The third-order valence-corrected chi connectivity index (χ3v) is 0. The first-order valence-corrected chi connectivity index (χ1v) is 3.67. The van der Waals surface area contributed by atoms with E-state index in [0.29, 0.717) is 0 Å². The van der Waals surface area contributed by atoms with Crippen molar-refractivity contribution < 1.29 is 22.0 Å². The first kappa shape index (κ1) is 16.3. The molecule has 4 N–H and O–H groups in total. The summed E-state index contributed by atoms with van der Waals surface area (Å²) in [6.07, 6.45) is 1.75. The molecule has 0 aliphatic carbocycles. The summed E-state index contributed by atoms with van der Waals surface area (Å²) in [6, 6.07) is 0. The van der Waals surface area contributed by atoms with Crippen LogP contribution in [0.25, 0.3) is 0 Å². The molecule has 0 heterocycles. The van der Waals surface area contributed by atoms with Crippen LogP contribution in [-0.4, -0.2) is 51.3 Å². The Hall–Kier alpha value is 0.563. The third-order valence-electron chi connectivity index (χ3n) is 0. The molecule has 0 aromatic rings. The standard InChI is InChI=1S/C3H6.Mg.H4O4Si.2H/c1-3-2;;1-5(2,3)4;;/h3H,1H2,2H3;;1-4H;;/q;+2;;2*-1. The molecule has 6 heteroatoms. The van der Waals surface area contributed by atoms with Crippen LogP contribution in [0.3, 0.4) is 0 Å². The van der Waals surface area contributed by atoms with E-state index in [1.54, 1.807) is 6.08 Å². The van der Waals surface area contributed by atoms with Gasteiger partial charge >= 0.3 is 32.1 Å². The summed E-state index contributed by atoms with van der Waals surface area (Å²) in [5.74, 6) is 0. The van der Waals surface area contributed by atoms with Crippen LogP contribution >= 0.6 is 0 Å². The zero-order valence-corrected chi connectivity index (χ0v) is 7.69. The molecule has 0 atom stereocenters. The number of hydrogen-bond donors (Lipinski definition) is 4. The zero-order chi connectivity index (χ0) is 7.21. The maximum absolute atomic E-state index is 7.33. The van der Waals surface area contributed by atoms with Gasteiger partial charge in [-0.1, -0.05) is 6.08 Å². The minimum absolute atomic E-state index is 0.